The number of hydrogen-bond acceptors (Lipinski definition) is 7. The molecule has 140 valence electrons. The second kappa shape index (κ2) is 5.39. The van der Waals surface area contributed by atoms with Crippen LogP contribution in [-0.4, -0.2) is 66.2 Å². The van der Waals surface area contributed by atoms with Gasteiger partial charge in [0.25, 0.3) is 0 Å². The zero-order valence-corrected chi connectivity index (χ0v) is 14.9. The maximum atomic E-state index is 11.3. The lowest BCUT2D eigenvalue weighted by Gasteiger charge is -2.38. The molecule has 7 aliphatic rings. The molecule has 7 heteroatoms. The number of rotatable bonds is 0. The lowest BCUT2D eigenvalue weighted by atomic mass is 9.84. The molecule has 7 fully saturated rings. The van der Waals surface area contributed by atoms with E-state index in [0.717, 1.165) is 0 Å². The number of esters is 1. The van der Waals surface area contributed by atoms with Crippen molar-refractivity contribution in [2.75, 3.05) is 0 Å². The number of aliphatic hydroxyl groups is 1. The summed E-state index contributed by atoms with van der Waals surface area (Å²) < 4.78 is 27.8. The molecule has 0 aromatic carbocycles. The zero-order valence-electron chi connectivity index (χ0n) is 14.9. The van der Waals surface area contributed by atoms with Gasteiger partial charge >= 0.3 is 5.97 Å². The van der Waals surface area contributed by atoms with Gasteiger partial charge in [0.05, 0.1) is 24.4 Å². The standard InChI is InChI=1S/C9H12O4.C9H14O3/c1-3-5-4(2)7-9(12-5)13-8(10)6(3)11-7;1-3-6-4(2)8-9(11-6)5(10)7(3)12-8/h3-7,9H,1-2H3;3-10H,1-2H3/t3-,4+,5+,6+,7-,9-;3-,4+,5+,6+,7+,8-,9?/m00/s1. The van der Waals surface area contributed by atoms with Crippen LogP contribution in [0.15, 0.2) is 0 Å². The van der Waals surface area contributed by atoms with Crippen LogP contribution in [0.1, 0.15) is 27.7 Å². The Hall–Kier alpha value is -0.730. The van der Waals surface area contributed by atoms with Gasteiger partial charge in [-0.15, -0.1) is 0 Å². The summed E-state index contributed by atoms with van der Waals surface area (Å²) in [5, 5.41) is 9.74. The van der Waals surface area contributed by atoms with Crippen molar-refractivity contribution in [3.63, 3.8) is 0 Å². The Labute approximate surface area is 146 Å². The van der Waals surface area contributed by atoms with Crippen molar-refractivity contribution in [3.8, 4) is 0 Å². The smallest absolute Gasteiger partial charge is 0.338 e. The van der Waals surface area contributed by atoms with Crippen LogP contribution in [0.5, 0.6) is 0 Å². The monoisotopic (exact) mass is 354 g/mol. The SMILES string of the molecule is C[C@@H]1[C@@H]2OC3[C@H]1O[C@H]([C@H]2C)[C@H]3O.C[C@@H]1[C@@H]2O[C@H]3OC(=O)[C@H](O[C@H]31)[C@H]2C. The third kappa shape index (κ3) is 2.07. The van der Waals surface area contributed by atoms with E-state index in [0.29, 0.717) is 23.9 Å². The minimum atomic E-state index is -0.450. The number of ether oxygens (including phenoxy) is 5. The van der Waals surface area contributed by atoms with E-state index in [-0.39, 0.29) is 48.5 Å². The topological polar surface area (TPSA) is 83.5 Å². The number of fused-ring (bicyclic) bond motifs is 2. The van der Waals surface area contributed by atoms with Gasteiger partial charge in [-0.05, 0) is 0 Å². The van der Waals surface area contributed by atoms with Crippen molar-refractivity contribution < 1.29 is 33.6 Å². The Bertz CT molecular complexity index is 552. The first-order valence-electron chi connectivity index (χ1n) is 9.39. The van der Waals surface area contributed by atoms with Crippen molar-refractivity contribution in [2.24, 2.45) is 23.7 Å². The molecule has 13 atom stereocenters. The maximum absolute atomic E-state index is 11.3. The fraction of sp³-hybridized carbons (Fsp3) is 0.944. The molecule has 0 spiro atoms. The minimum Gasteiger partial charge on any atom is -0.431 e. The first kappa shape index (κ1) is 16.4. The summed E-state index contributed by atoms with van der Waals surface area (Å²) in [5.41, 5.74) is 0. The second-order valence-electron chi connectivity index (χ2n) is 8.48. The third-order valence-electron chi connectivity index (χ3n) is 7.06. The normalized spacial score (nSPS) is 62.8. The van der Waals surface area contributed by atoms with Crippen LogP contribution in [0.4, 0.5) is 0 Å². The van der Waals surface area contributed by atoms with Crippen LogP contribution >= 0.6 is 0 Å². The molecule has 1 N–H and O–H groups in total. The van der Waals surface area contributed by atoms with Crippen molar-refractivity contribution in [2.45, 2.75) is 82.8 Å². The van der Waals surface area contributed by atoms with Crippen molar-refractivity contribution in [1.82, 2.24) is 0 Å². The molecule has 7 heterocycles. The summed E-state index contributed by atoms with van der Waals surface area (Å²) in [6, 6.07) is 0. The van der Waals surface area contributed by atoms with Crippen LogP contribution in [0.25, 0.3) is 0 Å². The molecule has 25 heavy (non-hydrogen) atoms. The number of carbonyl (C=O) groups is 1. The molecule has 0 amide bonds. The Morgan fingerprint density at radius 1 is 0.680 bits per heavy atom. The molecule has 7 aliphatic heterocycles. The van der Waals surface area contributed by atoms with E-state index >= 15 is 0 Å². The molecule has 7 rings (SSSR count). The second-order valence-corrected chi connectivity index (χ2v) is 8.48. The Balaban J connectivity index is 0.000000112. The molecule has 7 saturated heterocycles. The van der Waals surface area contributed by atoms with E-state index < -0.39 is 12.4 Å². The van der Waals surface area contributed by atoms with E-state index in [2.05, 4.69) is 20.8 Å². The quantitative estimate of drug-likeness (QED) is 0.633. The van der Waals surface area contributed by atoms with Gasteiger partial charge < -0.3 is 28.8 Å². The van der Waals surface area contributed by atoms with Crippen LogP contribution in [0.2, 0.25) is 0 Å². The zero-order chi connectivity index (χ0) is 17.6. The molecule has 0 aromatic rings. The molecule has 7 bridgehead atoms. The van der Waals surface area contributed by atoms with Crippen molar-refractivity contribution in [1.29, 1.82) is 0 Å². The molecular weight excluding hydrogens is 328 g/mol. The summed E-state index contributed by atoms with van der Waals surface area (Å²) in [7, 11) is 0. The molecule has 0 aliphatic carbocycles. The van der Waals surface area contributed by atoms with Gasteiger partial charge in [-0.3, -0.25) is 0 Å². The van der Waals surface area contributed by atoms with E-state index in [1.165, 1.54) is 0 Å². The first-order valence-corrected chi connectivity index (χ1v) is 9.39. The summed E-state index contributed by atoms with van der Waals surface area (Å²) in [6.07, 6.45) is -0.663. The number of aliphatic hydroxyl groups excluding tert-OH is 1. The van der Waals surface area contributed by atoms with E-state index in [9.17, 15) is 9.90 Å². The van der Waals surface area contributed by atoms with Gasteiger partial charge in [0, 0.05) is 23.7 Å². The minimum absolute atomic E-state index is 0.0359. The molecule has 1 unspecified atom stereocenters. The Kier molecular flexibility index (Phi) is 3.55. The highest BCUT2D eigenvalue weighted by Gasteiger charge is 2.63. The van der Waals surface area contributed by atoms with Crippen LogP contribution in [0, 0.1) is 23.7 Å². The first-order chi connectivity index (χ1) is 11.9. The van der Waals surface area contributed by atoms with Gasteiger partial charge in [-0.1, -0.05) is 27.7 Å². The average molecular weight is 354 g/mol. The lowest BCUT2D eigenvalue weighted by Crippen LogP contribution is -2.53. The predicted octanol–water partition coefficient (Wildman–Crippen LogP) is 0.476. The predicted molar refractivity (Wildman–Crippen MR) is 83.4 cm³/mol. The summed E-state index contributed by atoms with van der Waals surface area (Å²) in [5.74, 6) is 1.00. The number of carbonyl (C=O) groups excluding carboxylic acids is 1. The van der Waals surface area contributed by atoms with E-state index in [4.69, 9.17) is 23.7 Å². The highest BCUT2D eigenvalue weighted by Crippen LogP contribution is 2.49. The summed E-state index contributed by atoms with van der Waals surface area (Å²) in [6.45, 7) is 8.32. The van der Waals surface area contributed by atoms with Gasteiger partial charge in [-0.25, -0.2) is 4.79 Å². The largest absolute Gasteiger partial charge is 0.431 e. The van der Waals surface area contributed by atoms with Gasteiger partial charge in [0.15, 0.2) is 6.10 Å². The average Bonchev–Trinajstić information content (AvgIpc) is 3.05. The lowest BCUT2D eigenvalue weighted by molar-refractivity contribution is -0.225. The van der Waals surface area contributed by atoms with Crippen LogP contribution < -0.4 is 0 Å². The van der Waals surface area contributed by atoms with Gasteiger partial charge in [0.1, 0.15) is 18.3 Å². The highest BCUT2D eigenvalue weighted by molar-refractivity contribution is 5.76. The maximum Gasteiger partial charge on any atom is 0.338 e. The van der Waals surface area contributed by atoms with E-state index in [1.807, 2.05) is 6.92 Å². The van der Waals surface area contributed by atoms with Crippen LogP contribution in [-0.2, 0) is 28.5 Å². The van der Waals surface area contributed by atoms with Crippen LogP contribution in [0.3, 0.4) is 0 Å². The molecule has 0 saturated carbocycles. The molecule has 0 aromatic heterocycles. The highest BCUT2D eigenvalue weighted by atomic mass is 16.8. The van der Waals surface area contributed by atoms with Crippen molar-refractivity contribution in [3.05, 3.63) is 0 Å². The van der Waals surface area contributed by atoms with Crippen molar-refractivity contribution >= 4 is 5.97 Å². The Morgan fingerprint density at radius 2 is 1.28 bits per heavy atom. The Morgan fingerprint density at radius 3 is 2.00 bits per heavy atom. The van der Waals surface area contributed by atoms with E-state index in [1.54, 1.807) is 0 Å². The molecular formula is C18H26O7. The van der Waals surface area contributed by atoms with Gasteiger partial charge in [0.2, 0.25) is 6.29 Å². The fourth-order valence-electron chi connectivity index (χ4n) is 5.61. The third-order valence-corrected chi connectivity index (χ3v) is 7.06. The number of hydrogen-bond donors (Lipinski definition) is 1. The summed E-state index contributed by atoms with van der Waals surface area (Å²) in [4.78, 5) is 11.3. The molecule has 7 nitrogen and oxygen atoms in total. The molecule has 0 radical (unpaired) electrons. The summed E-state index contributed by atoms with van der Waals surface area (Å²) >= 11 is 0. The van der Waals surface area contributed by atoms with Gasteiger partial charge in [-0.2, -0.15) is 0 Å². The fourth-order valence-corrected chi connectivity index (χ4v) is 5.61.